The monoisotopic (exact) mass is 214 g/mol. The molecular weight excluding hydrogens is 200 g/mol. The number of hydrogen-bond acceptors (Lipinski definition) is 2. The summed E-state index contributed by atoms with van der Waals surface area (Å²) in [7, 11) is 1.44. The van der Waals surface area contributed by atoms with E-state index in [1.165, 1.54) is 19.2 Å². The van der Waals surface area contributed by atoms with Gasteiger partial charge in [-0.15, -0.1) is 0 Å². The van der Waals surface area contributed by atoms with E-state index in [0.29, 0.717) is 5.75 Å². The number of halogens is 1. The second kappa shape index (κ2) is 4.77. The fraction of sp³-hybridized carbons (Fsp3) is 0.364. The average Bonchev–Trinajstić information content (AvgIpc) is 2.16. The Kier molecular flexibility index (Phi) is 3.66. The van der Waals surface area contributed by atoms with Gasteiger partial charge in [-0.2, -0.15) is 0 Å². The Labute approximate surface area is 88.2 Å². The van der Waals surface area contributed by atoms with Gasteiger partial charge in [-0.05, 0) is 32.0 Å². The van der Waals surface area contributed by atoms with E-state index in [-0.39, 0.29) is 17.5 Å². The molecule has 0 aromatic heterocycles. The number of carbonyl (C=O) groups excluding carboxylic acids is 1. The molecule has 3 nitrogen and oxygen atoms in total. The van der Waals surface area contributed by atoms with Gasteiger partial charge in [0.2, 0.25) is 0 Å². The van der Waals surface area contributed by atoms with Gasteiger partial charge < -0.3 is 10.1 Å². The van der Waals surface area contributed by atoms with Gasteiger partial charge in [-0.3, -0.25) is 4.79 Å². The standard InChI is InChI=1S/C11H14FNO2/c1-7(2)13-11(14)9-6-8(12)4-5-10(9)15-3/h4-7H,1-3H3,(H,13,14)/i1+1,2+1,7+1. The summed E-state index contributed by atoms with van der Waals surface area (Å²) >= 11 is 0. The van der Waals surface area contributed by atoms with Crippen molar-refractivity contribution in [2.45, 2.75) is 19.9 Å². The third-order valence-corrected chi connectivity index (χ3v) is 1.83. The van der Waals surface area contributed by atoms with Crippen molar-refractivity contribution >= 4 is 5.91 Å². The Morgan fingerprint density at radius 2 is 2.13 bits per heavy atom. The van der Waals surface area contributed by atoms with Crippen LogP contribution < -0.4 is 10.1 Å². The summed E-state index contributed by atoms with van der Waals surface area (Å²) in [6.45, 7) is 3.67. The molecule has 0 aliphatic heterocycles. The van der Waals surface area contributed by atoms with Crippen LogP contribution in [0.15, 0.2) is 18.2 Å². The van der Waals surface area contributed by atoms with Crippen molar-refractivity contribution in [3.8, 4) is 5.75 Å². The molecule has 4 heteroatoms. The Morgan fingerprint density at radius 1 is 1.47 bits per heavy atom. The first-order valence-electron chi connectivity index (χ1n) is 4.69. The summed E-state index contributed by atoms with van der Waals surface area (Å²) in [4.78, 5) is 11.6. The second-order valence-electron chi connectivity index (χ2n) is 3.47. The van der Waals surface area contributed by atoms with Crippen LogP contribution in [-0.4, -0.2) is 19.1 Å². The minimum atomic E-state index is -0.454. The predicted octanol–water partition coefficient (Wildman–Crippen LogP) is 1.97. The van der Waals surface area contributed by atoms with Crippen LogP contribution in [0.25, 0.3) is 0 Å². The minimum absolute atomic E-state index is 0.00507. The summed E-state index contributed by atoms with van der Waals surface area (Å²) in [6, 6.07) is 3.86. The van der Waals surface area contributed by atoms with Crippen LogP contribution in [0.1, 0.15) is 24.2 Å². The lowest BCUT2D eigenvalue weighted by Crippen LogP contribution is -2.30. The lowest BCUT2D eigenvalue weighted by Gasteiger charge is -2.11. The van der Waals surface area contributed by atoms with E-state index in [0.717, 1.165) is 6.07 Å². The smallest absolute Gasteiger partial charge is 0.255 e. The Morgan fingerprint density at radius 3 is 2.67 bits per heavy atom. The zero-order chi connectivity index (χ0) is 11.4. The zero-order valence-electron chi connectivity index (χ0n) is 9.00. The van der Waals surface area contributed by atoms with Gasteiger partial charge in [0.1, 0.15) is 11.6 Å². The molecule has 1 aromatic carbocycles. The number of hydrogen-bond donors (Lipinski definition) is 1. The van der Waals surface area contributed by atoms with Gasteiger partial charge in [-0.1, -0.05) is 0 Å². The third-order valence-electron chi connectivity index (χ3n) is 1.83. The van der Waals surface area contributed by atoms with Crippen LogP contribution in [0.2, 0.25) is 0 Å². The van der Waals surface area contributed by atoms with Crippen LogP contribution in [0.3, 0.4) is 0 Å². The SMILES string of the molecule is COc1ccc(F)cc1C(=O)N[13CH]([13CH3])[13CH3]. The van der Waals surface area contributed by atoms with Crippen molar-refractivity contribution in [2.24, 2.45) is 0 Å². The molecule has 15 heavy (non-hydrogen) atoms. The maximum absolute atomic E-state index is 12.9. The third kappa shape index (κ3) is 2.94. The topological polar surface area (TPSA) is 38.3 Å². The quantitative estimate of drug-likeness (QED) is 0.781. The maximum atomic E-state index is 12.9. The number of nitrogens with one attached hydrogen (secondary N) is 1. The van der Waals surface area contributed by atoms with E-state index < -0.39 is 5.82 Å². The molecule has 0 fully saturated rings. The van der Waals surface area contributed by atoms with Crippen molar-refractivity contribution in [2.75, 3.05) is 7.11 Å². The van der Waals surface area contributed by atoms with Crippen molar-refractivity contribution in [1.82, 2.24) is 5.32 Å². The maximum Gasteiger partial charge on any atom is 0.255 e. The summed E-state index contributed by atoms with van der Waals surface area (Å²) in [5.41, 5.74) is 0.214. The van der Waals surface area contributed by atoms with E-state index >= 15 is 0 Å². The van der Waals surface area contributed by atoms with E-state index in [9.17, 15) is 9.18 Å². The van der Waals surface area contributed by atoms with Gasteiger partial charge in [-0.25, -0.2) is 4.39 Å². The fourth-order valence-electron chi connectivity index (χ4n) is 1.20. The molecule has 1 N–H and O–H groups in total. The van der Waals surface area contributed by atoms with Crippen LogP contribution in [0.4, 0.5) is 4.39 Å². The molecule has 1 amide bonds. The molecule has 0 atom stereocenters. The molecule has 1 rings (SSSR count). The van der Waals surface area contributed by atoms with Crippen LogP contribution >= 0.6 is 0 Å². The van der Waals surface area contributed by atoms with Crippen molar-refractivity contribution in [3.63, 3.8) is 0 Å². The Bertz CT molecular complexity index is 364. The normalized spacial score (nSPS) is 10.2. The number of amides is 1. The zero-order valence-corrected chi connectivity index (χ0v) is 9.00. The Balaban J connectivity index is 3.00. The molecule has 82 valence electrons. The van der Waals surface area contributed by atoms with E-state index in [1.54, 1.807) is 0 Å². The first-order chi connectivity index (χ1) is 7.04. The highest BCUT2D eigenvalue weighted by Gasteiger charge is 2.13. The number of benzene rings is 1. The lowest BCUT2D eigenvalue weighted by atomic mass is 10.2. The first kappa shape index (κ1) is 11.5. The van der Waals surface area contributed by atoms with Gasteiger partial charge in [0, 0.05) is 6.04 Å². The molecule has 0 spiro atoms. The highest BCUT2D eigenvalue weighted by Crippen LogP contribution is 2.19. The van der Waals surface area contributed by atoms with Crippen LogP contribution in [0, 0.1) is 5.82 Å². The molecule has 0 aliphatic carbocycles. The molecular formula is C11H14FNO2. The number of methoxy groups -OCH3 is 1. The summed E-state index contributed by atoms with van der Waals surface area (Å²) in [6.07, 6.45) is 0. The van der Waals surface area contributed by atoms with Crippen molar-refractivity contribution in [1.29, 1.82) is 0 Å². The Hall–Kier alpha value is -1.58. The van der Waals surface area contributed by atoms with Crippen LogP contribution in [-0.2, 0) is 0 Å². The van der Waals surface area contributed by atoms with Crippen molar-refractivity contribution < 1.29 is 13.9 Å². The van der Waals surface area contributed by atoms with Gasteiger partial charge in [0.25, 0.3) is 5.91 Å². The molecule has 0 heterocycles. The first-order valence-corrected chi connectivity index (χ1v) is 4.69. The number of ether oxygens (including phenoxy) is 1. The van der Waals surface area contributed by atoms with E-state index in [1.807, 2.05) is 13.8 Å². The molecule has 1 aromatic rings. The summed E-state index contributed by atoms with van der Waals surface area (Å²) in [5, 5.41) is 2.68. The molecule has 0 saturated carbocycles. The lowest BCUT2D eigenvalue weighted by molar-refractivity contribution is 0.0939. The summed E-state index contributed by atoms with van der Waals surface area (Å²) in [5.74, 6) is -0.416. The highest BCUT2D eigenvalue weighted by atomic mass is 19.1. The van der Waals surface area contributed by atoms with E-state index in [2.05, 4.69) is 5.32 Å². The molecule has 0 aliphatic rings. The van der Waals surface area contributed by atoms with Gasteiger partial charge >= 0.3 is 0 Å². The minimum Gasteiger partial charge on any atom is -0.496 e. The highest BCUT2D eigenvalue weighted by molar-refractivity contribution is 5.97. The molecule has 0 bridgehead atoms. The van der Waals surface area contributed by atoms with Crippen molar-refractivity contribution in [3.05, 3.63) is 29.6 Å². The molecule has 0 unspecified atom stereocenters. The summed E-state index contributed by atoms with van der Waals surface area (Å²) < 4.78 is 17.9. The fourth-order valence-corrected chi connectivity index (χ4v) is 1.20. The predicted molar refractivity (Wildman–Crippen MR) is 55.6 cm³/mol. The number of carbonyl (C=O) groups is 1. The molecule has 0 radical (unpaired) electrons. The van der Waals surface area contributed by atoms with E-state index in [4.69, 9.17) is 4.74 Å². The molecule has 0 saturated heterocycles. The van der Waals surface area contributed by atoms with Gasteiger partial charge in [0.15, 0.2) is 0 Å². The largest absolute Gasteiger partial charge is 0.496 e. The second-order valence-corrected chi connectivity index (χ2v) is 3.47. The average molecular weight is 214 g/mol. The number of rotatable bonds is 3. The van der Waals surface area contributed by atoms with Gasteiger partial charge in [0.05, 0.1) is 12.7 Å². The van der Waals surface area contributed by atoms with Crippen LogP contribution in [0.5, 0.6) is 5.75 Å².